The van der Waals surface area contributed by atoms with Gasteiger partial charge in [-0.2, -0.15) is 0 Å². The highest BCUT2D eigenvalue weighted by molar-refractivity contribution is 5.81. The van der Waals surface area contributed by atoms with E-state index < -0.39 is 35.3 Å². The number of benzene rings is 1. The van der Waals surface area contributed by atoms with E-state index in [0.717, 1.165) is 42.4 Å². The van der Waals surface area contributed by atoms with Crippen molar-refractivity contribution in [3.8, 4) is 18.1 Å². The topological polar surface area (TPSA) is 158 Å². The largest absolute Gasteiger partial charge is 0.461 e. The molecule has 3 fully saturated rings. The van der Waals surface area contributed by atoms with Crippen molar-refractivity contribution in [3.63, 3.8) is 0 Å². The highest BCUT2D eigenvalue weighted by atomic mass is 16.6. The van der Waals surface area contributed by atoms with Crippen LogP contribution in [0.2, 0.25) is 0 Å². The Hall–Kier alpha value is -4.50. The summed E-state index contributed by atoms with van der Waals surface area (Å²) >= 11 is 0. The molecule has 3 heterocycles. The Labute approximate surface area is 292 Å². The van der Waals surface area contributed by atoms with Crippen LogP contribution < -0.4 is 10.5 Å². The van der Waals surface area contributed by atoms with Gasteiger partial charge in [-0.05, 0) is 69.1 Å². The van der Waals surface area contributed by atoms with Crippen LogP contribution in [0.4, 0.5) is 5.82 Å². The second-order valence-corrected chi connectivity index (χ2v) is 15.2. The first-order valence-electron chi connectivity index (χ1n) is 17.4. The lowest BCUT2D eigenvalue weighted by molar-refractivity contribution is -0.176. The number of aromatic nitrogens is 4. The van der Waals surface area contributed by atoms with Crippen LogP contribution in [0.5, 0.6) is 5.75 Å². The van der Waals surface area contributed by atoms with Gasteiger partial charge in [-0.1, -0.05) is 45.1 Å². The van der Waals surface area contributed by atoms with Gasteiger partial charge < -0.3 is 24.7 Å². The number of aryl methyl sites for hydroxylation is 3. The van der Waals surface area contributed by atoms with Gasteiger partial charge in [0, 0.05) is 24.3 Å². The number of imidazole rings is 1. The molecular weight excluding hydrogens is 638 g/mol. The highest BCUT2D eigenvalue weighted by Gasteiger charge is 2.55. The lowest BCUT2D eigenvalue weighted by Gasteiger charge is -2.49. The van der Waals surface area contributed by atoms with Crippen molar-refractivity contribution >= 4 is 34.9 Å². The summed E-state index contributed by atoms with van der Waals surface area (Å²) in [4.78, 5) is 52.2. The molecule has 50 heavy (non-hydrogen) atoms. The fourth-order valence-electron chi connectivity index (χ4n) is 8.43. The molecule has 3 atom stereocenters. The molecule has 6 rings (SSSR count). The van der Waals surface area contributed by atoms with Crippen molar-refractivity contribution in [1.29, 1.82) is 0 Å². The van der Waals surface area contributed by atoms with Crippen LogP contribution in [0.25, 0.3) is 11.2 Å². The Morgan fingerprint density at radius 2 is 1.84 bits per heavy atom. The van der Waals surface area contributed by atoms with Crippen molar-refractivity contribution in [2.24, 2.45) is 11.3 Å². The van der Waals surface area contributed by atoms with E-state index in [-0.39, 0.29) is 42.6 Å². The molecule has 1 aromatic carbocycles. The van der Waals surface area contributed by atoms with Gasteiger partial charge >= 0.3 is 17.9 Å². The van der Waals surface area contributed by atoms with Crippen LogP contribution in [0.1, 0.15) is 107 Å². The average molecular weight is 686 g/mol. The normalized spacial score (nSPS) is 23.3. The number of terminal acetylenes is 1. The number of rotatable bonds is 9. The van der Waals surface area contributed by atoms with Crippen LogP contribution in [0.15, 0.2) is 18.5 Å². The summed E-state index contributed by atoms with van der Waals surface area (Å²) in [6.45, 7) is 10.3. The Morgan fingerprint density at radius 1 is 1.12 bits per heavy atom. The van der Waals surface area contributed by atoms with Crippen molar-refractivity contribution in [3.05, 3.63) is 41.0 Å². The standard InChI is InChI=1S/C38H47N5O7/c1-8-38(20-47-30(45)19-36(6,7)31-23(3)14-22(2)15-27(31)48-25(5)44)28(49-35(46)26-17-37(18-26)12-10-9-11-13-37)16-29(50-38)43-21-40-32-33(39)41-24(4)42-34(32)43/h1,14-15,21,26,28-29H,9-13,16-20H2,2-7H3,(H2,39,41,42)/t28-,29+,38+/m0/s1. The number of fused-ring (bicyclic) bond motifs is 1. The maximum Gasteiger partial charge on any atom is 0.309 e. The predicted octanol–water partition coefficient (Wildman–Crippen LogP) is 5.73. The minimum Gasteiger partial charge on any atom is -0.461 e. The third-order valence-electron chi connectivity index (χ3n) is 10.7. The first kappa shape index (κ1) is 35.3. The third-order valence-corrected chi connectivity index (χ3v) is 10.7. The first-order chi connectivity index (χ1) is 23.6. The van der Waals surface area contributed by atoms with Crippen LogP contribution in [0.3, 0.4) is 0 Å². The summed E-state index contributed by atoms with van der Waals surface area (Å²) in [5.74, 6) is 2.27. The molecule has 1 spiro atoms. The van der Waals surface area contributed by atoms with E-state index in [4.69, 9.17) is 31.1 Å². The lowest BCUT2D eigenvalue weighted by Crippen LogP contribution is -2.49. The summed E-state index contributed by atoms with van der Waals surface area (Å²) in [5, 5.41) is 0. The van der Waals surface area contributed by atoms with Crippen molar-refractivity contribution in [2.75, 3.05) is 12.3 Å². The third kappa shape index (κ3) is 6.80. The molecule has 3 aliphatic rings. The zero-order valence-electron chi connectivity index (χ0n) is 29.8. The van der Waals surface area contributed by atoms with Crippen LogP contribution in [-0.2, 0) is 34.0 Å². The molecule has 3 aromatic rings. The Balaban J connectivity index is 1.23. The molecule has 0 radical (unpaired) electrons. The van der Waals surface area contributed by atoms with Gasteiger partial charge in [0.2, 0.25) is 5.60 Å². The summed E-state index contributed by atoms with van der Waals surface area (Å²) in [6.07, 6.45) is 13.7. The molecule has 12 heteroatoms. The molecule has 0 unspecified atom stereocenters. The number of nitrogens with two attached hydrogens (primary N) is 1. The number of esters is 3. The molecular formula is C38H47N5O7. The maximum absolute atomic E-state index is 13.6. The van der Waals surface area contributed by atoms with E-state index in [1.807, 2.05) is 33.8 Å². The van der Waals surface area contributed by atoms with Gasteiger partial charge in [0.1, 0.15) is 36.0 Å². The van der Waals surface area contributed by atoms with Gasteiger partial charge in [-0.25, -0.2) is 15.0 Å². The predicted molar refractivity (Wildman–Crippen MR) is 185 cm³/mol. The molecule has 2 saturated carbocycles. The van der Waals surface area contributed by atoms with E-state index in [0.29, 0.717) is 22.7 Å². The number of hydrogen-bond donors (Lipinski definition) is 1. The second kappa shape index (κ2) is 13.3. The molecule has 2 aromatic heterocycles. The number of hydrogen-bond acceptors (Lipinski definition) is 11. The minimum absolute atomic E-state index is 0.0501. The molecule has 12 nitrogen and oxygen atoms in total. The van der Waals surface area contributed by atoms with Gasteiger partial charge in [0.25, 0.3) is 0 Å². The zero-order valence-corrected chi connectivity index (χ0v) is 29.8. The number of nitrogens with zero attached hydrogens (tertiary/aromatic N) is 4. The van der Waals surface area contributed by atoms with Crippen LogP contribution in [0, 0.1) is 44.4 Å². The lowest BCUT2D eigenvalue weighted by atomic mass is 9.56. The van der Waals surface area contributed by atoms with Crippen LogP contribution in [-0.4, -0.2) is 55.7 Å². The van der Waals surface area contributed by atoms with E-state index in [2.05, 4.69) is 20.9 Å². The summed E-state index contributed by atoms with van der Waals surface area (Å²) < 4.78 is 25.8. The SMILES string of the molecule is C#C[C@]1(COC(=O)CC(C)(C)c2c(C)cc(C)cc2OC(C)=O)O[C@@H](n2cnc3c(N)nc(C)nc32)C[C@@H]1OC(=O)C1CC2(CCCCC2)C1. The van der Waals surface area contributed by atoms with Crippen molar-refractivity contribution in [1.82, 2.24) is 19.5 Å². The number of carbonyl (C=O) groups is 3. The Morgan fingerprint density at radius 3 is 2.52 bits per heavy atom. The number of ether oxygens (including phenoxy) is 4. The van der Waals surface area contributed by atoms with E-state index in [1.54, 1.807) is 23.9 Å². The number of anilines is 1. The molecule has 0 bridgehead atoms. The average Bonchev–Trinajstić information content (AvgIpc) is 3.60. The van der Waals surface area contributed by atoms with Gasteiger partial charge in [0.05, 0.1) is 18.7 Å². The quantitative estimate of drug-likeness (QED) is 0.167. The van der Waals surface area contributed by atoms with Crippen molar-refractivity contribution < 1.29 is 33.3 Å². The van der Waals surface area contributed by atoms with Gasteiger partial charge in [-0.3, -0.25) is 19.0 Å². The van der Waals surface area contributed by atoms with Gasteiger partial charge in [-0.15, -0.1) is 6.42 Å². The Bertz CT molecular complexity index is 1860. The molecule has 0 amide bonds. The molecule has 1 aliphatic heterocycles. The summed E-state index contributed by atoms with van der Waals surface area (Å²) in [6, 6.07) is 3.76. The minimum atomic E-state index is -1.58. The first-order valence-corrected chi connectivity index (χ1v) is 17.4. The maximum atomic E-state index is 13.6. The van der Waals surface area contributed by atoms with Crippen molar-refractivity contribution in [2.45, 2.75) is 123 Å². The highest BCUT2D eigenvalue weighted by Crippen LogP contribution is 2.55. The molecule has 1 saturated heterocycles. The number of carbonyl (C=O) groups excluding carboxylic acids is 3. The van der Waals surface area contributed by atoms with E-state index in [9.17, 15) is 14.4 Å². The fourth-order valence-corrected chi connectivity index (χ4v) is 8.43. The second-order valence-electron chi connectivity index (χ2n) is 15.2. The van der Waals surface area contributed by atoms with Crippen LogP contribution >= 0.6 is 0 Å². The molecule has 2 N–H and O–H groups in total. The summed E-state index contributed by atoms with van der Waals surface area (Å²) in [5.41, 5.74) is 7.40. The zero-order chi connectivity index (χ0) is 36.0. The summed E-state index contributed by atoms with van der Waals surface area (Å²) in [7, 11) is 0. The smallest absolute Gasteiger partial charge is 0.309 e. The molecule has 266 valence electrons. The molecule has 2 aliphatic carbocycles. The fraction of sp³-hybridized carbons (Fsp3) is 0.579. The Kier molecular flexibility index (Phi) is 9.41. The van der Waals surface area contributed by atoms with Gasteiger partial charge in [0.15, 0.2) is 11.5 Å². The van der Waals surface area contributed by atoms with E-state index in [1.165, 1.54) is 26.2 Å². The monoisotopic (exact) mass is 685 g/mol. The van der Waals surface area contributed by atoms with E-state index >= 15 is 0 Å². The number of nitrogen functional groups attached to an aromatic ring is 1.